The Morgan fingerprint density at radius 1 is 0.588 bits per heavy atom. The Kier molecular flexibility index (Phi) is 17.9. The van der Waals surface area contributed by atoms with Crippen molar-refractivity contribution < 1.29 is 41.0 Å². The summed E-state index contributed by atoms with van der Waals surface area (Å²) in [4.78, 5) is 57.8. The summed E-state index contributed by atoms with van der Waals surface area (Å²) in [6.45, 7) is 10.2. The molecule has 4 aromatic rings. The molecule has 11 nitrogen and oxygen atoms in total. The van der Waals surface area contributed by atoms with Crippen LogP contribution in [0.2, 0.25) is 10.0 Å². The standard InChI is InChI=1S/C24H29ClF3N3O2.C19H24ClN3O.C5H7F3O2.ClH/c1-23(2,24(26,27)28)22(33)31-11-6-16(7-12-31)15-4-9-30(10-5-15)18-13-17-3-8-29-21(32)20(17)19(25)14-18;20-17-12-16(11-15-3-8-22-19(24)18(15)17)23-9-4-14(5-10-23)13-1-6-21-7-2-13;1-4(2,3(9)10)5(6,7)8;/h3,8,13-16H,4-7,9-12H2,1-2H3,(H,29,32);3,8,11-14,21H,1-2,4-7,9-10H2,(H,22,24);1-2H3,(H,9,10);1H. The van der Waals surface area contributed by atoms with Crippen molar-refractivity contribution in [3.05, 3.63) is 79.5 Å². The molecule has 0 atom stereocenters. The number of nitrogens with one attached hydrogen (secondary N) is 3. The summed E-state index contributed by atoms with van der Waals surface area (Å²) in [5, 5.41) is 15.3. The number of H-pyrrole nitrogens is 2. The topological polar surface area (TPSA) is 142 Å². The first-order valence-corrected chi connectivity index (χ1v) is 23.6. The van der Waals surface area contributed by atoms with Gasteiger partial charge in [0, 0.05) is 63.0 Å². The maximum absolute atomic E-state index is 13.2. The van der Waals surface area contributed by atoms with Crippen LogP contribution in [0.5, 0.6) is 0 Å². The Hall–Kier alpha value is -4.19. The predicted molar refractivity (Wildman–Crippen MR) is 258 cm³/mol. The molecule has 68 heavy (non-hydrogen) atoms. The van der Waals surface area contributed by atoms with Gasteiger partial charge in [0.25, 0.3) is 11.1 Å². The van der Waals surface area contributed by atoms with E-state index in [0.717, 1.165) is 99.7 Å². The van der Waals surface area contributed by atoms with Crippen molar-refractivity contribution in [2.24, 2.45) is 34.5 Å². The molecule has 4 fully saturated rings. The van der Waals surface area contributed by atoms with E-state index in [1.165, 1.54) is 43.7 Å². The minimum absolute atomic E-state index is 0. The van der Waals surface area contributed by atoms with Gasteiger partial charge in [-0.2, -0.15) is 26.3 Å². The molecule has 376 valence electrons. The lowest BCUT2D eigenvalue weighted by Crippen LogP contribution is -2.51. The first-order chi connectivity index (χ1) is 31.4. The Bertz CT molecular complexity index is 2490. The number of piperidine rings is 4. The van der Waals surface area contributed by atoms with Crippen molar-refractivity contribution in [3.63, 3.8) is 0 Å². The third-order valence-electron chi connectivity index (χ3n) is 14.5. The number of hydrogen-bond donors (Lipinski definition) is 4. The van der Waals surface area contributed by atoms with Crippen LogP contribution in [0, 0.1) is 34.5 Å². The van der Waals surface area contributed by atoms with E-state index in [1.54, 1.807) is 12.4 Å². The van der Waals surface area contributed by atoms with Crippen LogP contribution < -0.4 is 26.2 Å². The SMILES string of the molecule is CC(C)(C(=O)N1CCC(C2CCN(c3cc(Cl)c4c(=O)[nH]ccc4c3)CC2)CC1)C(F)(F)F.CC(C)(C(=O)O)C(F)(F)F.Cl.O=c1[nH]ccc2cc(N3CCC(C4CCNCC4)CC3)cc(Cl)c12. The number of rotatable bonds is 6. The number of nitrogens with zero attached hydrogens (tertiary/aromatic N) is 3. The van der Waals surface area contributed by atoms with Crippen LogP contribution in [-0.4, -0.2) is 96.6 Å². The first kappa shape index (κ1) is 54.7. The molecule has 2 aromatic carbocycles. The number of pyridine rings is 2. The molecule has 4 N–H and O–H groups in total. The lowest BCUT2D eigenvalue weighted by atomic mass is 9.78. The zero-order valence-corrected chi connectivity index (χ0v) is 40.9. The highest BCUT2D eigenvalue weighted by Gasteiger charge is 2.55. The summed E-state index contributed by atoms with van der Waals surface area (Å²) in [5.74, 6) is -0.0126. The molecule has 2 aromatic heterocycles. The Balaban J connectivity index is 0.000000216. The van der Waals surface area contributed by atoms with Crippen LogP contribution in [0.15, 0.2) is 58.4 Å². The highest BCUT2D eigenvalue weighted by molar-refractivity contribution is 6.36. The number of carbonyl (C=O) groups is 2. The normalized spacial score (nSPS) is 18.6. The highest BCUT2D eigenvalue weighted by atomic mass is 35.5. The number of aliphatic carboxylic acids is 1. The van der Waals surface area contributed by atoms with Gasteiger partial charge in [-0.05, 0) is 163 Å². The number of fused-ring (bicyclic) bond motifs is 2. The van der Waals surface area contributed by atoms with Gasteiger partial charge in [-0.3, -0.25) is 19.2 Å². The van der Waals surface area contributed by atoms with Crippen molar-refractivity contribution >= 4 is 80.4 Å². The largest absolute Gasteiger partial charge is 0.481 e. The summed E-state index contributed by atoms with van der Waals surface area (Å²) in [6, 6.07) is 11.6. The molecule has 0 bridgehead atoms. The Labute approximate surface area is 407 Å². The number of amides is 1. The second kappa shape index (κ2) is 22.3. The van der Waals surface area contributed by atoms with E-state index in [-0.39, 0.29) is 23.5 Å². The van der Waals surface area contributed by atoms with E-state index in [0.29, 0.717) is 59.6 Å². The second-order valence-corrected chi connectivity index (χ2v) is 20.1. The van der Waals surface area contributed by atoms with Crippen LogP contribution in [0.25, 0.3) is 21.5 Å². The van der Waals surface area contributed by atoms with Crippen molar-refractivity contribution in [1.29, 1.82) is 0 Å². The lowest BCUT2D eigenvalue weighted by Gasteiger charge is -2.42. The fraction of sp³-hybridized carbons (Fsp3) is 0.583. The number of aromatic nitrogens is 2. The molecular weight excluding hydrogens is 961 g/mol. The van der Waals surface area contributed by atoms with Gasteiger partial charge < -0.3 is 35.1 Å². The summed E-state index contributed by atoms with van der Waals surface area (Å²) in [6.07, 6.45) is 2.71. The fourth-order valence-corrected chi connectivity index (χ4v) is 10.3. The number of anilines is 2. The molecule has 4 aliphatic rings. The number of aromatic amines is 2. The molecule has 4 aliphatic heterocycles. The molecule has 6 heterocycles. The molecular formula is C48H61Cl3F6N6O5. The predicted octanol–water partition coefficient (Wildman–Crippen LogP) is 10.7. The zero-order chi connectivity index (χ0) is 49.1. The van der Waals surface area contributed by atoms with Gasteiger partial charge in [0.15, 0.2) is 5.41 Å². The number of hydrogen-bond acceptors (Lipinski definition) is 7. The monoisotopic (exact) mass is 1020 g/mol. The molecule has 0 radical (unpaired) electrons. The number of carbonyl (C=O) groups excluding carboxylic acids is 1. The number of carboxylic acids is 1. The average molecular weight is 1020 g/mol. The van der Waals surface area contributed by atoms with Gasteiger partial charge in [0.1, 0.15) is 5.41 Å². The van der Waals surface area contributed by atoms with Gasteiger partial charge in [-0.1, -0.05) is 23.2 Å². The van der Waals surface area contributed by atoms with Crippen molar-refractivity contribution in [1.82, 2.24) is 20.2 Å². The lowest BCUT2D eigenvalue weighted by molar-refractivity contribution is -0.221. The smallest absolute Gasteiger partial charge is 0.404 e. The van der Waals surface area contributed by atoms with Gasteiger partial charge in [-0.25, -0.2) is 0 Å². The molecule has 1 amide bonds. The molecule has 0 unspecified atom stereocenters. The molecule has 20 heteroatoms. The molecule has 0 aliphatic carbocycles. The second-order valence-electron chi connectivity index (χ2n) is 19.3. The zero-order valence-electron chi connectivity index (χ0n) is 38.6. The van der Waals surface area contributed by atoms with E-state index >= 15 is 0 Å². The van der Waals surface area contributed by atoms with Crippen LogP contribution in [0.1, 0.15) is 79.1 Å². The van der Waals surface area contributed by atoms with Crippen molar-refractivity contribution in [3.8, 4) is 0 Å². The molecule has 0 spiro atoms. The minimum Gasteiger partial charge on any atom is -0.481 e. The van der Waals surface area contributed by atoms with E-state index in [1.807, 2.05) is 30.3 Å². The Morgan fingerprint density at radius 3 is 1.28 bits per heavy atom. The third-order valence-corrected chi connectivity index (χ3v) is 15.1. The Morgan fingerprint density at radius 2 is 0.941 bits per heavy atom. The van der Waals surface area contributed by atoms with Crippen LogP contribution >= 0.6 is 35.6 Å². The third kappa shape index (κ3) is 12.4. The summed E-state index contributed by atoms with van der Waals surface area (Å²) >= 11 is 12.8. The van der Waals surface area contributed by atoms with E-state index in [2.05, 4.69) is 31.2 Å². The number of alkyl halides is 6. The van der Waals surface area contributed by atoms with Crippen LogP contribution in [0.4, 0.5) is 37.7 Å². The van der Waals surface area contributed by atoms with Gasteiger partial charge >= 0.3 is 18.3 Å². The van der Waals surface area contributed by atoms with E-state index in [9.17, 15) is 45.5 Å². The first-order valence-electron chi connectivity index (χ1n) is 22.9. The molecule has 4 saturated heterocycles. The van der Waals surface area contributed by atoms with E-state index < -0.39 is 35.1 Å². The highest BCUT2D eigenvalue weighted by Crippen LogP contribution is 2.42. The maximum atomic E-state index is 13.2. The van der Waals surface area contributed by atoms with Crippen molar-refractivity contribution in [2.75, 3.05) is 62.2 Å². The average Bonchev–Trinajstić information content (AvgIpc) is 3.28. The summed E-state index contributed by atoms with van der Waals surface area (Å²) in [7, 11) is 0. The number of halogens is 9. The maximum Gasteiger partial charge on any atom is 0.404 e. The quantitative estimate of drug-likeness (QED) is 0.140. The number of likely N-dealkylation sites (tertiary alicyclic amines) is 1. The van der Waals surface area contributed by atoms with Crippen LogP contribution in [0.3, 0.4) is 0 Å². The van der Waals surface area contributed by atoms with Crippen LogP contribution in [-0.2, 0) is 9.59 Å². The summed E-state index contributed by atoms with van der Waals surface area (Å²) in [5.41, 5.74) is -3.18. The van der Waals surface area contributed by atoms with Gasteiger partial charge in [0.2, 0.25) is 5.91 Å². The van der Waals surface area contributed by atoms with E-state index in [4.69, 9.17) is 28.3 Å². The molecule has 8 rings (SSSR count). The molecule has 0 saturated carbocycles. The van der Waals surface area contributed by atoms with Gasteiger partial charge in [0.05, 0.1) is 20.8 Å². The number of carboxylic acid groups (broad SMARTS) is 1. The number of benzene rings is 2. The summed E-state index contributed by atoms with van der Waals surface area (Å²) < 4.78 is 74.8. The fourth-order valence-electron chi connectivity index (χ4n) is 9.68. The minimum atomic E-state index is -4.68. The van der Waals surface area contributed by atoms with Crippen molar-refractivity contribution in [2.45, 2.75) is 91.4 Å². The van der Waals surface area contributed by atoms with Gasteiger partial charge in [-0.15, -0.1) is 12.4 Å².